The first-order valence-electron chi connectivity index (χ1n) is 5.84. The van der Waals surface area contributed by atoms with Gasteiger partial charge in [0, 0.05) is 11.1 Å². The normalized spacial score (nSPS) is 14.6. The van der Waals surface area contributed by atoms with Gasteiger partial charge in [0.15, 0.2) is 0 Å². The lowest BCUT2D eigenvalue weighted by Gasteiger charge is -2.19. The summed E-state index contributed by atoms with van der Waals surface area (Å²) in [5.74, 6) is -0.0496. The summed E-state index contributed by atoms with van der Waals surface area (Å²) in [5, 5.41) is -0.173. The van der Waals surface area contributed by atoms with E-state index in [1.165, 1.54) is 0 Å². The van der Waals surface area contributed by atoms with Crippen LogP contribution in [-0.4, -0.2) is 14.5 Å². The molecular formula is C12H15ClF3NO2S. The molecule has 8 heteroatoms. The van der Waals surface area contributed by atoms with E-state index in [1.54, 1.807) is 20.8 Å². The smallest absolute Gasteiger partial charge is 0.208 e. The van der Waals surface area contributed by atoms with Gasteiger partial charge >= 0.3 is 6.18 Å². The molecule has 114 valence electrons. The molecule has 0 aliphatic rings. The third-order valence-corrected chi connectivity index (χ3v) is 4.73. The van der Waals surface area contributed by atoms with Crippen LogP contribution in [0.5, 0.6) is 0 Å². The van der Waals surface area contributed by atoms with Gasteiger partial charge in [0.2, 0.25) is 10.0 Å². The number of hydrogen-bond donors (Lipinski definition) is 1. The van der Waals surface area contributed by atoms with Gasteiger partial charge in [-0.2, -0.15) is 13.2 Å². The second kappa shape index (κ2) is 5.91. The van der Waals surface area contributed by atoms with Crippen molar-refractivity contribution in [2.45, 2.75) is 37.9 Å². The Hall–Kier alpha value is -0.790. The second-order valence-electron chi connectivity index (χ2n) is 4.79. The molecule has 0 spiro atoms. The van der Waals surface area contributed by atoms with Gasteiger partial charge in [-0.05, 0) is 31.0 Å². The molecule has 1 atom stereocenters. The Labute approximate surface area is 121 Å². The molecule has 1 N–H and O–H groups in total. The van der Waals surface area contributed by atoms with E-state index in [1.807, 2.05) is 0 Å². The lowest BCUT2D eigenvalue weighted by atomic mass is 10.1. The van der Waals surface area contributed by atoms with Crippen LogP contribution in [0.3, 0.4) is 0 Å². The quantitative estimate of drug-likeness (QED) is 0.916. The van der Waals surface area contributed by atoms with Crippen molar-refractivity contribution in [1.29, 1.82) is 0 Å². The predicted octanol–water partition coefficient (Wildman–Crippen LogP) is 3.68. The van der Waals surface area contributed by atoms with Gasteiger partial charge in [0.1, 0.15) is 0 Å². The van der Waals surface area contributed by atoms with Crippen LogP contribution in [0.2, 0.25) is 5.02 Å². The Morgan fingerprint density at radius 2 is 1.75 bits per heavy atom. The molecule has 0 heterocycles. The number of rotatable bonds is 4. The molecule has 0 aromatic heterocycles. The summed E-state index contributed by atoms with van der Waals surface area (Å²) in [6.07, 6.45) is -4.80. The SMILES string of the molecule is CC(C)[C@@H](C)NS(=O)(=O)c1ccc(Cl)cc1C(F)(F)F. The highest BCUT2D eigenvalue weighted by atomic mass is 35.5. The summed E-state index contributed by atoms with van der Waals surface area (Å²) in [6.45, 7) is 5.12. The minimum Gasteiger partial charge on any atom is -0.208 e. The fourth-order valence-electron chi connectivity index (χ4n) is 1.40. The minimum absolute atomic E-state index is 0.0496. The van der Waals surface area contributed by atoms with Crippen LogP contribution in [-0.2, 0) is 16.2 Å². The van der Waals surface area contributed by atoms with Crippen molar-refractivity contribution in [2.75, 3.05) is 0 Å². The van der Waals surface area contributed by atoms with Crippen molar-refractivity contribution < 1.29 is 21.6 Å². The average molecular weight is 330 g/mol. The van der Waals surface area contributed by atoms with E-state index >= 15 is 0 Å². The van der Waals surface area contributed by atoms with Gasteiger partial charge in [0.25, 0.3) is 0 Å². The topological polar surface area (TPSA) is 46.2 Å². The largest absolute Gasteiger partial charge is 0.417 e. The van der Waals surface area contributed by atoms with Crippen LogP contribution in [0.15, 0.2) is 23.1 Å². The molecule has 0 radical (unpaired) electrons. The van der Waals surface area contributed by atoms with E-state index in [-0.39, 0.29) is 10.9 Å². The summed E-state index contributed by atoms with van der Waals surface area (Å²) in [6, 6.07) is 2.10. The van der Waals surface area contributed by atoms with E-state index in [0.717, 1.165) is 12.1 Å². The number of halogens is 4. The first kappa shape index (κ1) is 17.3. The third kappa shape index (κ3) is 4.10. The maximum absolute atomic E-state index is 12.9. The second-order valence-corrected chi connectivity index (χ2v) is 6.91. The van der Waals surface area contributed by atoms with Crippen molar-refractivity contribution in [1.82, 2.24) is 4.72 Å². The Bertz CT molecular complexity index is 585. The molecule has 1 aromatic carbocycles. The van der Waals surface area contributed by atoms with E-state index in [4.69, 9.17) is 11.6 Å². The summed E-state index contributed by atoms with van der Waals surface area (Å²) in [4.78, 5) is -0.818. The van der Waals surface area contributed by atoms with Crippen molar-refractivity contribution in [3.8, 4) is 0 Å². The molecule has 1 aromatic rings. The van der Waals surface area contributed by atoms with Crippen LogP contribution >= 0.6 is 11.6 Å². The molecule has 20 heavy (non-hydrogen) atoms. The summed E-state index contributed by atoms with van der Waals surface area (Å²) < 4.78 is 65.1. The summed E-state index contributed by atoms with van der Waals surface area (Å²) in [5.41, 5.74) is -1.27. The maximum Gasteiger partial charge on any atom is 0.417 e. The van der Waals surface area contributed by atoms with Crippen molar-refractivity contribution in [3.05, 3.63) is 28.8 Å². The number of nitrogens with one attached hydrogen (secondary N) is 1. The fourth-order valence-corrected chi connectivity index (χ4v) is 3.17. The Morgan fingerprint density at radius 3 is 2.20 bits per heavy atom. The van der Waals surface area contributed by atoms with Gasteiger partial charge in [-0.1, -0.05) is 25.4 Å². The van der Waals surface area contributed by atoms with Gasteiger partial charge in [0.05, 0.1) is 10.5 Å². The molecule has 3 nitrogen and oxygen atoms in total. The number of sulfonamides is 1. The monoisotopic (exact) mass is 329 g/mol. The molecule has 0 bridgehead atoms. The molecule has 1 rings (SSSR count). The highest BCUT2D eigenvalue weighted by molar-refractivity contribution is 7.89. The van der Waals surface area contributed by atoms with Gasteiger partial charge < -0.3 is 0 Å². The zero-order valence-corrected chi connectivity index (χ0v) is 12.7. The highest BCUT2D eigenvalue weighted by Crippen LogP contribution is 2.35. The molecule has 0 amide bonds. The van der Waals surface area contributed by atoms with Crippen molar-refractivity contribution in [2.24, 2.45) is 5.92 Å². The summed E-state index contributed by atoms with van der Waals surface area (Å²) in [7, 11) is -4.26. The zero-order valence-electron chi connectivity index (χ0n) is 11.1. The molecule has 0 aliphatic heterocycles. The third-order valence-electron chi connectivity index (χ3n) is 2.88. The predicted molar refractivity (Wildman–Crippen MR) is 71.1 cm³/mol. The molecule has 0 unspecified atom stereocenters. The lowest BCUT2D eigenvalue weighted by Crippen LogP contribution is -2.37. The minimum atomic E-state index is -4.80. The average Bonchev–Trinajstić information content (AvgIpc) is 2.26. The van der Waals surface area contributed by atoms with Crippen molar-refractivity contribution >= 4 is 21.6 Å². The zero-order chi connectivity index (χ0) is 15.7. The molecule has 0 saturated carbocycles. The Balaban J connectivity index is 3.32. The van der Waals surface area contributed by atoms with Gasteiger partial charge in [-0.25, -0.2) is 13.1 Å². The van der Waals surface area contributed by atoms with E-state index in [9.17, 15) is 21.6 Å². The van der Waals surface area contributed by atoms with E-state index in [0.29, 0.717) is 6.07 Å². The highest BCUT2D eigenvalue weighted by Gasteiger charge is 2.37. The van der Waals surface area contributed by atoms with Crippen LogP contribution in [0, 0.1) is 5.92 Å². The summed E-state index contributed by atoms with van der Waals surface area (Å²) >= 11 is 5.51. The molecular weight excluding hydrogens is 315 g/mol. The lowest BCUT2D eigenvalue weighted by molar-refractivity contribution is -0.139. The molecule has 0 aliphatic carbocycles. The van der Waals surface area contributed by atoms with Gasteiger partial charge in [-0.15, -0.1) is 0 Å². The Kier molecular flexibility index (Phi) is 5.10. The van der Waals surface area contributed by atoms with Crippen LogP contribution in [0.4, 0.5) is 13.2 Å². The van der Waals surface area contributed by atoms with Crippen LogP contribution < -0.4 is 4.72 Å². The van der Waals surface area contributed by atoms with Crippen molar-refractivity contribution in [3.63, 3.8) is 0 Å². The number of alkyl halides is 3. The van der Waals surface area contributed by atoms with E-state index < -0.39 is 32.7 Å². The van der Waals surface area contributed by atoms with Crippen LogP contribution in [0.1, 0.15) is 26.3 Å². The first-order valence-corrected chi connectivity index (χ1v) is 7.70. The molecule has 0 fully saturated rings. The van der Waals surface area contributed by atoms with Gasteiger partial charge in [-0.3, -0.25) is 0 Å². The first-order chi connectivity index (χ1) is 8.95. The van der Waals surface area contributed by atoms with E-state index in [2.05, 4.69) is 4.72 Å². The number of benzene rings is 1. The Morgan fingerprint density at radius 1 is 1.20 bits per heavy atom. The van der Waals surface area contributed by atoms with Crippen LogP contribution in [0.25, 0.3) is 0 Å². The maximum atomic E-state index is 12.9. The molecule has 0 saturated heterocycles. The fraction of sp³-hybridized carbons (Fsp3) is 0.500. The number of hydrogen-bond acceptors (Lipinski definition) is 2. The standard InChI is InChI=1S/C12H15ClF3NO2S/c1-7(2)8(3)17-20(18,19)11-5-4-9(13)6-10(11)12(14,15)16/h4-8,17H,1-3H3/t8-/m1/s1.